The zero-order valence-corrected chi connectivity index (χ0v) is 8.75. The number of alkyl halides is 3. The van der Waals surface area contributed by atoms with E-state index < -0.39 is 17.6 Å². The van der Waals surface area contributed by atoms with E-state index in [-0.39, 0.29) is 5.52 Å². The molecule has 0 radical (unpaired) electrons. The molecule has 90 valence electrons. The lowest BCUT2D eigenvalue weighted by atomic mass is 10.2. The molecule has 0 spiro atoms. The number of aromatic nitrogens is 1. The second-order valence-corrected chi connectivity index (χ2v) is 3.41. The Morgan fingerprint density at radius 1 is 1.24 bits per heavy atom. The molecule has 2 aromatic rings. The molecule has 1 aromatic heterocycles. The maximum Gasteiger partial charge on any atom is 0.437 e. The summed E-state index contributed by atoms with van der Waals surface area (Å²) in [5.74, 6) is -0.473. The van der Waals surface area contributed by atoms with Gasteiger partial charge in [0.1, 0.15) is 11.5 Å². The second-order valence-electron chi connectivity index (χ2n) is 3.41. The molecule has 17 heavy (non-hydrogen) atoms. The first-order chi connectivity index (χ1) is 7.91. The van der Waals surface area contributed by atoms with Gasteiger partial charge in [-0.15, -0.1) is 0 Å². The van der Waals surface area contributed by atoms with Gasteiger partial charge in [0.25, 0.3) is 0 Å². The molecular formula is C11H8F3NO2. The highest BCUT2D eigenvalue weighted by molar-refractivity contribution is 5.81. The van der Waals surface area contributed by atoms with Crippen molar-refractivity contribution in [2.75, 3.05) is 7.11 Å². The minimum Gasteiger partial charge on any atom is -0.506 e. The van der Waals surface area contributed by atoms with Crippen LogP contribution in [-0.4, -0.2) is 17.2 Å². The van der Waals surface area contributed by atoms with Gasteiger partial charge in [-0.05, 0) is 18.2 Å². The van der Waals surface area contributed by atoms with E-state index in [0.29, 0.717) is 11.1 Å². The summed E-state index contributed by atoms with van der Waals surface area (Å²) in [5.41, 5.74) is -1.17. The number of halogens is 3. The standard InChI is InChI=1S/C11H8F3NO2/c1-17-7-3-2-6-4-9(16)10(11(12,13)14)15-8(6)5-7/h2-5,16H,1H3. The first-order valence-corrected chi connectivity index (χ1v) is 4.67. The number of fused-ring (bicyclic) bond motifs is 1. The van der Waals surface area contributed by atoms with Crippen LogP contribution in [0.15, 0.2) is 24.3 Å². The van der Waals surface area contributed by atoms with E-state index in [1.54, 1.807) is 6.07 Å². The Kier molecular flexibility index (Phi) is 2.57. The van der Waals surface area contributed by atoms with Gasteiger partial charge in [-0.25, -0.2) is 4.98 Å². The molecule has 2 rings (SSSR count). The fourth-order valence-corrected chi connectivity index (χ4v) is 1.47. The van der Waals surface area contributed by atoms with Crippen LogP contribution in [0, 0.1) is 0 Å². The lowest BCUT2D eigenvalue weighted by Crippen LogP contribution is -2.08. The van der Waals surface area contributed by atoms with Crippen LogP contribution in [0.3, 0.4) is 0 Å². The average molecular weight is 243 g/mol. The number of benzene rings is 1. The van der Waals surface area contributed by atoms with Crippen molar-refractivity contribution in [2.24, 2.45) is 0 Å². The molecule has 0 saturated heterocycles. The van der Waals surface area contributed by atoms with Crippen LogP contribution in [0.1, 0.15) is 5.69 Å². The Bertz CT molecular complexity index is 566. The fourth-order valence-electron chi connectivity index (χ4n) is 1.47. The summed E-state index contributed by atoms with van der Waals surface area (Å²) in [5, 5.41) is 9.67. The Morgan fingerprint density at radius 3 is 2.53 bits per heavy atom. The molecule has 0 aliphatic rings. The zero-order chi connectivity index (χ0) is 12.6. The van der Waals surface area contributed by atoms with E-state index in [0.717, 1.165) is 6.07 Å². The number of rotatable bonds is 1. The normalized spacial score (nSPS) is 11.8. The summed E-state index contributed by atoms with van der Waals surface area (Å²) in [7, 11) is 1.41. The number of nitrogens with zero attached hydrogens (tertiary/aromatic N) is 1. The van der Waals surface area contributed by atoms with Gasteiger partial charge in [-0.1, -0.05) is 0 Å². The average Bonchev–Trinajstić information content (AvgIpc) is 2.26. The minimum atomic E-state index is -4.68. The van der Waals surface area contributed by atoms with Crippen molar-refractivity contribution in [1.29, 1.82) is 0 Å². The highest BCUT2D eigenvalue weighted by Gasteiger charge is 2.36. The lowest BCUT2D eigenvalue weighted by molar-refractivity contribution is -0.142. The molecule has 1 aromatic carbocycles. The van der Waals surface area contributed by atoms with Crippen LogP contribution in [0.2, 0.25) is 0 Å². The molecule has 0 atom stereocenters. The van der Waals surface area contributed by atoms with Crippen molar-refractivity contribution < 1.29 is 23.0 Å². The van der Waals surface area contributed by atoms with Gasteiger partial charge in [0, 0.05) is 11.5 Å². The molecular weight excluding hydrogens is 235 g/mol. The van der Waals surface area contributed by atoms with Gasteiger partial charge in [0.05, 0.1) is 12.6 Å². The van der Waals surface area contributed by atoms with E-state index in [1.165, 1.54) is 19.2 Å². The van der Waals surface area contributed by atoms with Crippen LogP contribution < -0.4 is 4.74 Å². The predicted molar refractivity (Wildman–Crippen MR) is 55.0 cm³/mol. The summed E-state index contributed by atoms with van der Waals surface area (Å²) < 4.78 is 42.4. The van der Waals surface area contributed by atoms with E-state index in [9.17, 15) is 18.3 Å². The molecule has 0 amide bonds. The molecule has 0 bridgehead atoms. The third kappa shape index (κ3) is 2.11. The van der Waals surface area contributed by atoms with Crippen LogP contribution in [0.4, 0.5) is 13.2 Å². The number of pyridine rings is 1. The van der Waals surface area contributed by atoms with Crippen LogP contribution in [0.5, 0.6) is 11.5 Å². The van der Waals surface area contributed by atoms with Gasteiger partial charge in [-0.2, -0.15) is 13.2 Å². The van der Waals surface area contributed by atoms with Crippen molar-refractivity contribution in [3.05, 3.63) is 30.0 Å². The monoisotopic (exact) mass is 243 g/mol. The van der Waals surface area contributed by atoms with Gasteiger partial charge >= 0.3 is 6.18 Å². The SMILES string of the molecule is COc1ccc2cc(O)c(C(F)(F)F)nc2c1. The molecule has 6 heteroatoms. The Morgan fingerprint density at radius 2 is 1.94 bits per heavy atom. The number of aromatic hydroxyl groups is 1. The van der Waals surface area contributed by atoms with Crippen LogP contribution in [0.25, 0.3) is 10.9 Å². The van der Waals surface area contributed by atoms with Crippen LogP contribution in [-0.2, 0) is 6.18 Å². The van der Waals surface area contributed by atoms with E-state index in [4.69, 9.17) is 4.74 Å². The first kappa shape index (κ1) is 11.5. The Labute approximate surface area is 94.5 Å². The largest absolute Gasteiger partial charge is 0.506 e. The molecule has 0 fully saturated rings. The molecule has 0 unspecified atom stereocenters. The van der Waals surface area contributed by atoms with E-state index in [2.05, 4.69) is 4.98 Å². The van der Waals surface area contributed by atoms with Crippen molar-refractivity contribution in [3.8, 4) is 11.5 Å². The Balaban J connectivity index is 2.69. The lowest BCUT2D eigenvalue weighted by Gasteiger charge is -2.09. The summed E-state index contributed by atoms with van der Waals surface area (Å²) in [6.07, 6.45) is -4.68. The highest BCUT2D eigenvalue weighted by atomic mass is 19.4. The molecule has 1 N–H and O–H groups in total. The van der Waals surface area contributed by atoms with Crippen molar-refractivity contribution >= 4 is 10.9 Å². The van der Waals surface area contributed by atoms with Crippen LogP contribution >= 0.6 is 0 Å². The second kappa shape index (κ2) is 3.80. The summed E-state index contributed by atoms with van der Waals surface area (Å²) >= 11 is 0. The quantitative estimate of drug-likeness (QED) is 0.837. The Hall–Kier alpha value is -1.98. The summed E-state index contributed by atoms with van der Waals surface area (Å²) in [6, 6.07) is 5.52. The maximum absolute atomic E-state index is 12.5. The summed E-state index contributed by atoms with van der Waals surface area (Å²) in [6.45, 7) is 0. The van der Waals surface area contributed by atoms with Gasteiger partial charge < -0.3 is 9.84 Å². The van der Waals surface area contributed by atoms with E-state index >= 15 is 0 Å². The zero-order valence-electron chi connectivity index (χ0n) is 8.75. The van der Waals surface area contributed by atoms with Crippen molar-refractivity contribution in [3.63, 3.8) is 0 Å². The maximum atomic E-state index is 12.5. The fraction of sp³-hybridized carbons (Fsp3) is 0.182. The highest BCUT2D eigenvalue weighted by Crippen LogP contribution is 2.36. The number of ether oxygens (including phenoxy) is 1. The van der Waals surface area contributed by atoms with Gasteiger partial charge in [-0.3, -0.25) is 0 Å². The molecule has 3 nitrogen and oxygen atoms in total. The summed E-state index contributed by atoms with van der Waals surface area (Å²) in [4.78, 5) is 3.40. The third-order valence-electron chi connectivity index (χ3n) is 2.27. The first-order valence-electron chi connectivity index (χ1n) is 4.67. The topological polar surface area (TPSA) is 42.4 Å². The molecule has 0 aliphatic heterocycles. The van der Waals surface area contributed by atoms with Crippen molar-refractivity contribution in [1.82, 2.24) is 4.98 Å². The molecule has 0 aliphatic carbocycles. The van der Waals surface area contributed by atoms with Gasteiger partial charge in [0.15, 0.2) is 5.69 Å². The molecule has 0 saturated carbocycles. The van der Waals surface area contributed by atoms with Crippen molar-refractivity contribution in [2.45, 2.75) is 6.18 Å². The van der Waals surface area contributed by atoms with Gasteiger partial charge in [0.2, 0.25) is 0 Å². The number of methoxy groups -OCH3 is 1. The third-order valence-corrected chi connectivity index (χ3v) is 2.27. The predicted octanol–water partition coefficient (Wildman–Crippen LogP) is 2.97. The minimum absolute atomic E-state index is 0.120. The molecule has 1 heterocycles. The van der Waals surface area contributed by atoms with E-state index in [1.807, 2.05) is 0 Å². The smallest absolute Gasteiger partial charge is 0.437 e. The number of hydrogen-bond donors (Lipinski definition) is 1. The number of hydrogen-bond acceptors (Lipinski definition) is 3.